The summed E-state index contributed by atoms with van der Waals surface area (Å²) in [6.45, 7) is 0.614. The molecule has 1 N–H and O–H groups in total. The lowest BCUT2D eigenvalue weighted by Crippen LogP contribution is -2.22. The molecule has 2 nitrogen and oxygen atoms in total. The minimum Gasteiger partial charge on any atom is -0.351 e. The first-order chi connectivity index (χ1) is 9.25. The van der Waals surface area contributed by atoms with Crippen LogP contribution in [0.15, 0.2) is 46.3 Å². The van der Waals surface area contributed by atoms with Crippen LogP contribution in [0, 0.1) is 0 Å². The Morgan fingerprint density at radius 1 is 1.21 bits per heavy atom. The predicted octanol–water partition coefficient (Wildman–Crippen LogP) is 4.15. The van der Waals surface area contributed by atoms with Gasteiger partial charge in [-0.15, -0.1) is 11.3 Å². The fourth-order valence-corrected chi connectivity index (χ4v) is 3.25. The predicted molar refractivity (Wildman–Crippen MR) is 83.2 cm³/mol. The van der Waals surface area contributed by atoms with Crippen molar-refractivity contribution in [1.29, 1.82) is 0 Å². The van der Waals surface area contributed by atoms with Gasteiger partial charge in [-0.3, -0.25) is 4.79 Å². The molecule has 0 fully saturated rings. The molecule has 1 heterocycles. The van der Waals surface area contributed by atoms with E-state index in [-0.39, 0.29) is 5.91 Å². The number of rotatable bonds is 6. The maximum atomic E-state index is 11.7. The molecule has 0 radical (unpaired) electrons. The average molecular weight is 338 g/mol. The van der Waals surface area contributed by atoms with Crippen molar-refractivity contribution in [3.63, 3.8) is 0 Å². The van der Waals surface area contributed by atoms with E-state index in [9.17, 15) is 4.79 Å². The van der Waals surface area contributed by atoms with Crippen LogP contribution in [0.1, 0.15) is 23.3 Å². The molecule has 0 saturated carbocycles. The summed E-state index contributed by atoms with van der Waals surface area (Å²) >= 11 is 5.11. The van der Waals surface area contributed by atoms with E-state index in [1.807, 2.05) is 29.6 Å². The van der Waals surface area contributed by atoms with Crippen LogP contribution in [0.3, 0.4) is 0 Å². The van der Waals surface area contributed by atoms with Crippen LogP contribution >= 0.6 is 27.3 Å². The summed E-state index contributed by atoms with van der Waals surface area (Å²) in [5, 5.41) is 4.97. The quantitative estimate of drug-likeness (QED) is 0.842. The summed E-state index contributed by atoms with van der Waals surface area (Å²) in [5.74, 6) is 0.122. The number of amides is 1. The zero-order chi connectivity index (χ0) is 13.5. The van der Waals surface area contributed by atoms with Crippen molar-refractivity contribution < 1.29 is 4.79 Å². The van der Waals surface area contributed by atoms with Crippen LogP contribution in [-0.2, 0) is 17.8 Å². The van der Waals surface area contributed by atoms with Crippen molar-refractivity contribution in [2.75, 3.05) is 0 Å². The van der Waals surface area contributed by atoms with Crippen LogP contribution < -0.4 is 5.32 Å². The molecule has 0 saturated heterocycles. The van der Waals surface area contributed by atoms with Gasteiger partial charge in [0, 0.05) is 15.8 Å². The third kappa shape index (κ3) is 4.80. The molecule has 0 aliphatic carbocycles. The molecule has 2 rings (SSSR count). The van der Waals surface area contributed by atoms with E-state index in [4.69, 9.17) is 0 Å². The Balaban J connectivity index is 1.66. The van der Waals surface area contributed by atoms with Gasteiger partial charge < -0.3 is 5.32 Å². The molecule has 19 heavy (non-hydrogen) atoms. The number of benzene rings is 1. The highest BCUT2D eigenvalue weighted by atomic mass is 79.9. The van der Waals surface area contributed by atoms with Crippen LogP contribution in [0.2, 0.25) is 0 Å². The lowest BCUT2D eigenvalue weighted by atomic mass is 10.1. The minimum atomic E-state index is 0.122. The summed E-state index contributed by atoms with van der Waals surface area (Å²) in [6, 6.07) is 12.3. The van der Waals surface area contributed by atoms with Gasteiger partial charge in [-0.05, 0) is 45.8 Å². The Kier molecular flexibility index (Phi) is 5.61. The van der Waals surface area contributed by atoms with Crippen molar-refractivity contribution in [2.24, 2.45) is 0 Å². The van der Waals surface area contributed by atoms with Crippen molar-refractivity contribution in [1.82, 2.24) is 5.32 Å². The smallest absolute Gasteiger partial charge is 0.220 e. The first-order valence-electron chi connectivity index (χ1n) is 6.28. The number of aryl methyl sites for hydroxylation is 1. The first kappa shape index (κ1) is 14.3. The summed E-state index contributed by atoms with van der Waals surface area (Å²) in [5.41, 5.74) is 1.29. The summed E-state index contributed by atoms with van der Waals surface area (Å²) in [7, 11) is 0. The molecule has 0 spiro atoms. The van der Waals surface area contributed by atoms with Gasteiger partial charge in [0.2, 0.25) is 5.91 Å². The maximum absolute atomic E-state index is 11.7. The van der Waals surface area contributed by atoms with E-state index in [1.165, 1.54) is 5.56 Å². The Hall–Kier alpha value is -1.13. The number of hydrogen-bond acceptors (Lipinski definition) is 2. The van der Waals surface area contributed by atoms with Gasteiger partial charge in [-0.2, -0.15) is 0 Å². The van der Waals surface area contributed by atoms with E-state index >= 15 is 0 Å². The third-order valence-corrected chi connectivity index (χ3v) is 4.78. The number of halogens is 1. The van der Waals surface area contributed by atoms with E-state index in [2.05, 4.69) is 33.4 Å². The molecule has 0 unspecified atom stereocenters. The van der Waals surface area contributed by atoms with Crippen LogP contribution in [0.4, 0.5) is 0 Å². The maximum Gasteiger partial charge on any atom is 0.220 e. The average Bonchev–Trinajstić information content (AvgIpc) is 2.83. The minimum absolute atomic E-state index is 0.122. The van der Waals surface area contributed by atoms with Gasteiger partial charge in [-0.1, -0.05) is 30.3 Å². The number of thiophene rings is 1. The second-order valence-corrected chi connectivity index (χ2v) is 6.16. The van der Waals surface area contributed by atoms with E-state index in [0.29, 0.717) is 13.0 Å². The lowest BCUT2D eigenvalue weighted by Gasteiger charge is -2.04. The van der Waals surface area contributed by atoms with Crippen molar-refractivity contribution >= 4 is 33.2 Å². The Labute approximate surface area is 126 Å². The molecular weight excluding hydrogens is 322 g/mol. The molecule has 0 aliphatic heterocycles. The summed E-state index contributed by atoms with van der Waals surface area (Å²) in [6.07, 6.45) is 2.43. The number of carbonyl (C=O) groups is 1. The Bertz CT molecular complexity index is 524. The normalized spacial score (nSPS) is 10.4. The van der Waals surface area contributed by atoms with E-state index in [0.717, 1.165) is 22.2 Å². The molecule has 0 aliphatic rings. The standard InChI is InChI=1S/C15H16BrNOS/c16-13-9-10-19-14(13)11-17-15(18)8-4-7-12-5-2-1-3-6-12/h1-3,5-6,9-10H,4,7-8,11H2,(H,17,18). The molecule has 1 aromatic heterocycles. The van der Waals surface area contributed by atoms with E-state index in [1.54, 1.807) is 11.3 Å². The monoisotopic (exact) mass is 337 g/mol. The molecule has 4 heteroatoms. The van der Waals surface area contributed by atoms with Crippen LogP contribution in [0.25, 0.3) is 0 Å². The Morgan fingerprint density at radius 3 is 2.68 bits per heavy atom. The van der Waals surface area contributed by atoms with Gasteiger partial charge in [0.15, 0.2) is 0 Å². The zero-order valence-electron chi connectivity index (χ0n) is 10.6. The molecule has 2 aromatic rings. The molecule has 0 bridgehead atoms. The highest BCUT2D eigenvalue weighted by Crippen LogP contribution is 2.22. The van der Waals surface area contributed by atoms with Crippen LogP contribution in [0.5, 0.6) is 0 Å². The molecular formula is C15H16BrNOS. The van der Waals surface area contributed by atoms with Gasteiger partial charge in [0.05, 0.1) is 6.54 Å². The highest BCUT2D eigenvalue weighted by Gasteiger charge is 2.04. The summed E-state index contributed by atoms with van der Waals surface area (Å²) in [4.78, 5) is 12.9. The topological polar surface area (TPSA) is 29.1 Å². The van der Waals surface area contributed by atoms with Crippen LogP contribution in [-0.4, -0.2) is 5.91 Å². The zero-order valence-corrected chi connectivity index (χ0v) is 13.0. The van der Waals surface area contributed by atoms with Crippen molar-refractivity contribution in [3.8, 4) is 0 Å². The molecule has 1 amide bonds. The van der Waals surface area contributed by atoms with Gasteiger partial charge in [0.25, 0.3) is 0 Å². The molecule has 1 aromatic carbocycles. The van der Waals surface area contributed by atoms with E-state index < -0.39 is 0 Å². The lowest BCUT2D eigenvalue weighted by molar-refractivity contribution is -0.121. The van der Waals surface area contributed by atoms with Crippen molar-refractivity contribution in [3.05, 3.63) is 56.7 Å². The fraction of sp³-hybridized carbons (Fsp3) is 0.267. The fourth-order valence-electron chi connectivity index (χ4n) is 1.82. The first-order valence-corrected chi connectivity index (χ1v) is 7.95. The van der Waals surface area contributed by atoms with Gasteiger partial charge >= 0.3 is 0 Å². The number of nitrogens with one attached hydrogen (secondary N) is 1. The second kappa shape index (κ2) is 7.46. The number of hydrogen-bond donors (Lipinski definition) is 1. The SMILES string of the molecule is O=C(CCCc1ccccc1)NCc1sccc1Br. The third-order valence-electron chi connectivity index (χ3n) is 2.85. The van der Waals surface area contributed by atoms with Crippen molar-refractivity contribution in [2.45, 2.75) is 25.8 Å². The van der Waals surface area contributed by atoms with Gasteiger partial charge in [-0.25, -0.2) is 0 Å². The summed E-state index contributed by atoms with van der Waals surface area (Å²) < 4.78 is 1.07. The second-order valence-electron chi connectivity index (χ2n) is 4.31. The van der Waals surface area contributed by atoms with Gasteiger partial charge in [0.1, 0.15) is 0 Å². The number of carbonyl (C=O) groups excluding carboxylic acids is 1. The molecule has 100 valence electrons. The highest BCUT2D eigenvalue weighted by molar-refractivity contribution is 9.10. The largest absolute Gasteiger partial charge is 0.351 e. The Morgan fingerprint density at radius 2 is 2.00 bits per heavy atom. The molecule has 0 atom stereocenters.